The smallest absolute Gasteiger partial charge is 0.0739 e. The zero-order valence-electron chi connectivity index (χ0n) is 5.42. The van der Waals surface area contributed by atoms with Crippen LogP contribution in [0.25, 0.3) is 0 Å². The third-order valence-electron chi connectivity index (χ3n) is 1.65. The molecule has 0 radical (unpaired) electrons. The van der Waals surface area contributed by atoms with E-state index in [1.165, 1.54) is 11.1 Å². The Hall–Kier alpha value is -0.760. The maximum Gasteiger partial charge on any atom is 0.0739 e. The molecule has 48 valence electrons. The summed E-state index contributed by atoms with van der Waals surface area (Å²) < 4.78 is 7.27. The summed E-state index contributed by atoms with van der Waals surface area (Å²) in [6, 6.07) is 0. The van der Waals surface area contributed by atoms with Crippen LogP contribution in [0.5, 0.6) is 0 Å². The topological polar surface area (TPSA) is 14.2 Å². The largest absolute Gasteiger partial charge is 0.372 e. The van der Waals surface area contributed by atoms with Gasteiger partial charge in [0.25, 0.3) is 0 Å². The number of ether oxygens (including phenoxy) is 1. The van der Waals surface area contributed by atoms with Crippen molar-refractivity contribution in [2.45, 2.75) is 13.2 Å². The fourth-order valence-electron chi connectivity index (χ4n) is 1.23. The summed E-state index contributed by atoms with van der Waals surface area (Å²) in [5.41, 5.74) is 2.69. The van der Waals surface area contributed by atoms with Crippen molar-refractivity contribution in [1.29, 1.82) is 0 Å². The van der Waals surface area contributed by atoms with Crippen LogP contribution >= 0.6 is 0 Å². The molecule has 0 saturated heterocycles. The normalized spacial score (nSPS) is 16.1. The first kappa shape index (κ1) is 5.06. The Morgan fingerprint density at radius 3 is 2.44 bits per heavy atom. The maximum atomic E-state index is 5.20. The van der Waals surface area contributed by atoms with Crippen molar-refractivity contribution < 1.29 is 4.74 Å². The Labute approximate surface area is 54.1 Å². The number of aryl methyl sites for hydroxylation is 1. The van der Waals surface area contributed by atoms with E-state index in [-0.39, 0.29) is 0 Å². The molecule has 2 heterocycles. The summed E-state index contributed by atoms with van der Waals surface area (Å²) in [6.07, 6.45) is 4.23. The molecular formula is C7H9NO. The van der Waals surface area contributed by atoms with E-state index < -0.39 is 0 Å². The first-order chi connectivity index (χ1) is 4.36. The third-order valence-corrected chi connectivity index (χ3v) is 1.65. The number of aromatic nitrogens is 1. The second kappa shape index (κ2) is 1.61. The van der Waals surface area contributed by atoms with E-state index >= 15 is 0 Å². The predicted octanol–water partition coefficient (Wildman–Crippen LogP) is 1.06. The molecule has 0 N–H and O–H groups in total. The lowest BCUT2D eigenvalue weighted by Gasteiger charge is -1.89. The Kier molecular flexibility index (Phi) is 0.904. The molecule has 1 aromatic heterocycles. The van der Waals surface area contributed by atoms with Crippen LogP contribution in [0.15, 0.2) is 12.4 Å². The summed E-state index contributed by atoms with van der Waals surface area (Å²) in [6.45, 7) is 1.60. The van der Waals surface area contributed by atoms with Crippen molar-refractivity contribution >= 4 is 0 Å². The van der Waals surface area contributed by atoms with E-state index in [0.717, 1.165) is 13.2 Å². The molecule has 9 heavy (non-hydrogen) atoms. The van der Waals surface area contributed by atoms with Gasteiger partial charge < -0.3 is 9.30 Å². The molecule has 0 unspecified atom stereocenters. The predicted molar refractivity (Wildman–Crippen MR) is 33.9 cm³/mol. The lowest BCUT2D eigenvalue weighted by molar-refractivity contribution is 0.133. The number of hydrogen-bond acceptors (Lipinski definition) is 1. The van der Waals surface area contributed by atoms with Gasteiger partial charge in [0.15, 0.2) is 0 Å². The van der Waals surface area contributed by atoms with E-state index in [0.29, 0.717) is 0 Å². The van der Waals surface area contributed by atoms with Crippen LogP contribution < -0.4 is 0 Å². The van der Waals surface area contributed by atoms with Gasteiger partial charge in [-0.3, -0.25) is 0 Å². The molecule has 0 saturated carbocycles. The lowest BCUT2D eigenvalue weighted by Crippen LogP contribution is -1.83. The number of fused-ring (bicyclic) bond motifs is 1. The van der Waals surface area contributed by atoms with Crippen LogP contribution in [0.1, 0.15) is 11.1 Å². The van der Waals surface area contributed by atoms with Crippen molar-refractivity contribution in [3.8, 4) is 0 Å². The van der Waals surface area contributed by atoms with Gasteiger partial charge in [0.2, 0.25) is 0 Å². The molecule has 0 bridgehead atoms. The van der Waals surface area contributed by atoms with Crippen molar-refractivity contribution in [1.82, 2.24) is 4.57 Å². The number of rotatable bonds is 0. The van der Waals surface area contributed by atoms with Gasteiger partial charge in [0.1, 0.15) is 0 Å². The SMILES string of the molecule is Cn1cc2c(c1)COC2. The van der Waals surface area contributed by atoms with E-state index in [9.17, 15) is 0 Å². The summed E-state index contributed by atoms with van der Waals surface area (Å²) in [4.78, 5) is 0. The Morgan fingerprint density at radius 1 is 1.33 bits per heavy atom. The minimum absolute atomic E-state index is 0.802. The van der Waals surface area contributed by atoms with Gasteiger partial charge in [0.05, 0.1) is 13.2 Å². The molecule has 0 fully saturated rings. The van der Waals surface area contributed by atoms with Crippen LogP contribution in [0.2, 0.25) is 0 Å². The minimum Gasteiger partial charge on any atom is -0.372 e. The quantitative estimate of drug-likeness (QED) is 0.503. The average Bonchev–Trinajstić information content (AvgIpc) is 2.22. The van der Waals surface area contributed by atoms with Gasteiger partial charge in [-0.1, -0.05) is 0 Å². The van der Waals surface area contributed by atoms with Crippen molar-refractivity contribution in [2.24, 2.45) is 7.05 Å². The average molecular weight is 123 g/mol. The molecule has 2 nitrogen and oxygen atoms in total. The Bertz CT molecular complexity index is 205. The highest BCUT2D eigenvalue weighted by atomic mass is 16.5. The van der Waals surface area contributed by atoms with Gasteiger partial charge in [-0.2, -0.15) is 0 Å². The molecule has 0 aromatic carbocycles. The second-order valence-corrected chi connectivity index (χ2v) is 2.47. The number of hydrogen-bond donors (Lipinski definition) is 0. The van der Waals surface area contributed by atoms with Crippen LogP contribution in [-0.2, 0) is 25.0 Å². The van der Waals surface area contributed by atoms with Gasteiger partial charge in [0, 0.05) is 30.6 Å². The second-order valence-electron chi connectivity index (χ2n) is 2.47. The fraction of sp³-hybridized carbons (Fsp3) is 0.429. The Morgan fingerprint density at radius 2 is 1.89 bits per heavy atom. The molecule has 0 aliphatic carbocycles. The third kappa shape index (κ3) is 0.669. The summed E-state index contributed by atoms with van der Waals surface area (Å²) in [5.74, 6) is 0. The van der Waals surface area contributed by atoms with Crippen molar-refractivity contribution in [2.75, 3.05) is 0 Å². The molecule has 0 atom stereocenters. The molecule has 2 rings (SSSR count). The van der Waals surface area contributed by atoms with Gasteiger partial charge >= 0.3 is 0 Å². The first-order valence-electron chi connectivity index (χ1n) is 3.08. The highest BCUT2D eigenvalue weighted by molar-refractivity contribution is 5.25. The maximum absolute atomic E-state index is 5.20. The molecule has 2 heteroatoms. The summed E-state index contributed by atoms with van der Waals surface area (Å²) >= 11 is 0. The van der Waals surface area contributed by atoms with Crippen molar-refractivity contribution in [3.05, 3.63) is 23.5 Å². The molecule has 1 aliphatic rings. The molecule has 1 aromatic rings. The van der Waals surface area contributed by atoms with Crippen LogP contribution in [-0.4, -0.2) is 4.57 Å². The lowest BCUT2D eigenvalue weighted by atomic mass is 10.2. The van der Waals surface area contributed by atoms with Crippen LogP contribution in [0.3, 0.4) is 0 Å². The van der Waals surface area contributed by atoms with E-state index in [4.69, 9.17) is 4.74 Å². The van der Waals surface area contributed by atoms with Crippen molar-refractivity contribution in [3.63, 3.8) is 0 Å². The van der Waals surface area contributed by atoms with Gasteiger partial charge in [-0.25, -0.2) is 0 Å². The summed E-state index contributed by atoms with van der Waals surface area (Å²) in [5, 5.41) is 0. The highest BCUT2D eigenvalue weighted by Gasteiger charge is 2.11. The zero-order chi connectivity index (χ0) is 6.27. The zero-order valence-corrected chi connectivity index (χ0v) is 5.42. The molecule has 1 aliphatic heterocycles. The van der Waals surface area contributed by atoms with Crippen LogP contribution in [0, 0.1) is 0 Å². The number of nitrogens with zero attached hydrogens (tertiary/aromatic N) is 1. The highest BCUT2D eigenvalue weighted by Crippen LogP contribution is 2.19. The summed E-state index contributed by atoms with van der Waals surface area (Å²) in [7, 11) is 2.04. The monoisotopic (exact) mass is 123 g/mol. The van der Waals surface area contributed by atoms with Gasteiger partial charge in [-0.05, 0) is 0 Å². The molecule has 0 amide bonds. The minimum atomic E-state index is 0.802. The van der Waals surface area contributed by atoms with E-state index in [1.807, 2.05) is 7.05 Å². The Balaban J connectivity index is 2.51. The molecular weight excluding hydrogens is 114 g/mol. The van der Waals surface area contributed by atoms with E-state index in [2.05, 4.69) is 17.0 Å². The molecule has 0 spiro atoms. The van der Waals surface area contributed by atoms with Crippen LogP contribution in [0.4, 0.5) is 0 Å². The van der Waals surface area contributed by atoms with Gasteiger partial charge in [-0.15, -0.1) is 0 Å². The fourth-order valence-corrected chi connectivity index (χ4v) is 1.23. The standard InChI is InChI=1S/C7H9NO/c1-8-2-6-4-9-5-7(6)3-8/h2-3H,4-5H2,1H3. The van der Waals surface area contributed by atoms with E-state index in [1.54, 1.807) is 0 Å². The first-order valence-corrected chi connectivity index (χ1v) is 3.08.